The Morgan fingerprint density at radius 1 is 1.35 bits per heavy atom. The maximum absolute atomic E-state index is 6.18. The first kappa shape index (κ1) is 13.6. The number of aryl methyl sites for hydroxylation is 1. The molecule has 20 heavy (non-hydrogen) atoms. The number of morpholine rings is 1. The summed E-state index contributed by atoms with van der Waals surface area (Å²) < 4.78 is 11.1. The Balaban J connectivity index is 1.81. The van der Waals surface area contributed by atoms with Gasteiger partial charge in [0.25, 0.3) is 0 Å². The molecule has 0 spiro atoms. The monoisotopic (exact) mass is 314 g/mol. The molecule has 2 aromatic rings. The SMILES string of the molecule is Cc1nnc(C2CN(c3ncc(Cl)cc3Cl)CCO2)o1. The molecule has 3 heterocycles. The molecule has 3 rings (SSSR count). The van der Waals surface area contributed by atoms with Crippen molar-refractivity contribution in [3.63, 3.8) is 0 Å². The maximum Gasteiger partial charge on any atom is 0.246 e. The first-order chi connectivity index (χ1) is 9.63. The number of ether oxygens (including phenoxy) is 1. The lowest BCUT2D eigenvalue weighted by molar-refractivity contribution is 0.0214. The molecule has 6 nitrogen and oxygen atoms in total. The zero-order valence-corrected chi connectivity index (χ0v) is 12.2. The van der Waals surface area contributed by atoms with Crippen LogP contribution >= 0.6 is 23.2 Å². The molecule has 1 aliphatic rings. The van der Waals surface area contributed by atoms with Crippen molar-refractivity contribution in [3.05, 3.63) is 34.1 Å². The van der Waals surface area contributed by atoms with Gasteiger partial charge in [-0.1, -0.05) is 23.2 Å². The number of nitrogens with zero attached hydrogens (tertiary/aromatic N) is 4. The van der Waals surface area contributed by atoms with E-state index in [0.29, 0.717) is 47.3 Å². The van der Waals surface area contributed by atoms with Crippen molar-refractivity contribution in [2.45, 2.75) is 13.0 Å². The summed E-state index contributed by atoms with van der Waals surface area (Å²) in [7, 11) is 0. The summed E-state index contributed by atoms with van der Waals surface area (Å²) in [6, 6.07) is 1.67. The van der Waals surface area contributed by atoms with Gasteiger partial charge in [0.05, 0.1) is 23.2 Å². The second-order valence-electron chi connectivity index (χ2n) is 4.42. The number of aromatic nitrogens is 3. The highest BCUT2D eigenvalue weighted by Gasteiger charge is 2.28. The summed E-state index contributed by atoms with van der Waals surface area (Å²) in [5, 5.41) is 8.83. The number of hydrogen-bond acceptors (Lipinski definition) is 6. The van der Waals surface area contributed by atoms with Crippen molar-refractivity contribution in [1.29, 1.82) is 0 Å². The molecule has 106 valence electrons. The summed E-state index contributed by atoms with van der Waals surface area (Å²) in [5.41, 5.74) is 0. The largest absolute Gasteiger partial charge is 0.423 e. The number of pyridine rings is 1. The van der Waals surface area contributed by atoms with Crippen LogP contribution in [0.4, 0.5) is 5.82 Å². The van der Waals surface area contributed by atoms with Crippen LogP contribution in [-0.4, -0.2) is 34.9 Å². The third kappa shape index (κ3) is 2.72. The van der Waals surface area contributed by atoms with Crippen LogP contribution in [0.2, 0.25) is 10.0 Å². The second kappa shape index (κ2) is 5.55. The lowest BCUT2D eigenvalue weighted by Crippen LogP contribution is -2.39. The minimum absolute atomic E-state index is 0.279. The van der Waals surface area contributed by atoms with Crippen molar-refractivity contribution < 1.29 is 9.15 Å². The average Bonchev–Trinajstić information content (AvgIpc) is 2.86. The standard InChI is InChI=1S/C12H12Cl2N4O2/c1-7-16-17-12(20-7)10-6-18(2-3-19-10)11-9(14)4-8(13)5-15-11/h4-5,10H,2-3,6H2,1H3. The second-order valence-corrected chi connectivity index (χ2v) is 5.27. The molecule has 0 aliphatic carbocycles. The Labute approximate surface area is 125 Å². The van der Waals surface area contributed by atoms with E-state index < -0.39 is 0 Å². The van der Waals surface area contributed by atoms with Gasteiger partial charge in [0.1, 0.15) is 5.82 Å². The molecule has 0 N–H and O–H groups in total. The van der Waals surface area contributed by atoms with E-state index in [0.717, 1.165) is 0 Å². The van der Waals surface area contributed by atoms with E-state index in [9.17, 15) is 0 Å². The van der Waals surface area contributed by atoms with Gasteiger partial charge in [0.15, 0.2) is 6.10 Å². The molecule has 1 saturated heterocycles. The van der Waals surface area contributed by atoms with Crippen LogP contribution in [0.5, 0.6) is 0 Å². The van der Waals surface area contributed by atoms with Gasteiger partial charge in [0.2, 0.25) is 11.8 Å². The summed E-state index contributed by atoms with van der Waals surface area (Å²) in [6.07, 6.45) is 1.29. The molecule has 0 amide bonds. The fourth-order valence-electron chi connectivity index (χ4n) is 2.07. The minimum Gasteiger partial charge on any atom is -0.423 e. The van der Waals surface area contributed by atoms with Crippen LogP contribution in [0.25, 0.3) is 0 Å². The van der Waals surface area contributed by atoms with Gasteiger partial charge < -0.3 is 14.1 Å². The molecule has 0 aromatic carbocycles. The van der Waals surface area contributed by atoms with E-state index in [2.05, 4.69) is 15.2 Å². The molecular weight excluding hydrogens is 303 g/mol. The fourth-order valence-corrected chi connectivity index (χ4v) is 2.57. The van der Waals surface area contributed by atoms with Gasteiger partial charge in [-0.15, -0.1) is 10.2 Å². The normalized spacial score (nSPS) is 19.4. The van der Waals surface area contributed by atoms with Crippen molar-refractivity contribution >= 4 is 29.0 Å². The van der Waals surface area contributed by atoms with E-state index in [1.165, 1.54) is 0 Å². The van der Waals surface area contributed by atoms with Crippen LogP contribution in [-0.2, 0) is 4.74 Å². The van der Waals surface area contributed by atoms with E-state index >= 15 is 0 Å². The van der Waals surface area contributed by atoms with Crippen LogP contribution in [0.1, 0.15) is 17.9 Å². The van der Waals surface area contributed by atoms with Crippen molar-refractivity contribution in [2.75, 3.05) is 24.6 Å². The lowest BCUT2D eigenvalue weighted by atomic mass is 10.2. The Kier molecular flexibility index (Phi) is 3.78. The Morgan fingerprint density at radius 2 is 2.20 bits per heavy atom. The zero-order valence-electron chi connectivity index (χ0n) is 10.7. The van der Waals surface area contributed by atoms with Gasteiger partial charge in [0, 0.05) is 19.7 Å². The van der Waals surface area contributed by atoms with E-state index in [4.69, 9.17) is 32.4 Å². The molecule has 1 aliphatic heterocycles. The Bertz CT molecular complexity index is 619. The number of anilines is 1. The van der Waals surface area contributed by atoms with E-state index in [1.807, 2.05) is 4.90 Å². The van der Waals surface area contributed by atoms with Crippen molar-refractivity contribution in [2.24, 2.45) is 0 Å². The van der Waals surface area contributed by atoms with Crippen LogP contribution < -0.4 is 4.90 Å². The van der Waals surface area contributed by atoms with Crippen molar-refractivity contribution in [1.82, 2.24) is 15.2 Å². The fraction of sp³-hybridized carbons (Fsp3) is 0.417. The number of hydrogen-bond donors (Lipinski definition) is 0. The highest BCUT2D eigenvalue weighted by Crippen LogP contribution is 2.30. The van der Waals surface area contributed by atoms with Crippen LogP contribution in [0, 0.1) is 6.92 Å². The summed E-state index contributed by atoms with van der Waals surface area (Å²) >= 11 is 12.0. The van der Waals surface area contributed by atoms with E-state index in [-0.39, 0.29) is 6.10 Å². The van der Waals surface area contributed by atoms with Crippen molar-refractivity contribution in [3.8, 4) is 0 Å². The van der Waals surface area contributed by atoms with Crippen LogP contribution in [0.15, 0.2) is 16.7 Å². The highest BCUT2D eigenvalue weighted by molar-refractivity contribution is 6.36. The first-order valence-corrected chi connectivity index (χ1v) is 6.86. The van der Waals surface area contributed by atoms with Gasteiger partial charge in [-0.3, -0.25) is 0 Å². The maximum atomic E-state index is 6.18. The Morgan fingerprint density at radius 3 is 2.90 bits per heavy atom. The topological polar surface area (TPSA) is 64.3 Å². The van der Waals surface area contributed by atoms with Gasteiger partial charge in [-0.05, 0) is 6.07 Å². The molecule has 1 unspecified atom stereocenters. The molecule has 0 bridgehead atoms. The minimum atomic E-state index is -0.279. The van der Waals surface area contributed by atoms with E-state index in [1.54, 1.807) is 19.2 Å². The highest BCUT2D eigenvalue weighted by atomic mass is 35.5. The molecule has 2 aromatic heterocycles. The lowest BCUT2D eigenvalue weighted by Gasteiger charge is -2.32. The molecule has 0 saturated carbocycles. The quantitative estimate of drug-likeness (QED) is 0.849. The summed E-state index contributed by atoms with van der Waals surface area (Å²) in [5.74, 6) is 1.67. The predicted octanol–water partition coefficient (Wildman–Crippen LogP) is 2.66. The smallest absolute Gasteiger partial charge is 0.246 e. The molecular formula is C12H12Cl2N4O2. The number of rotatable bonds is 2. The third-order valence-corrected chi connectivity index (χ3v) is 3.46. The first-order valence-electron chi connectivity index (χ1n) is 6.11. The average molecular weight is 315 g/mol. The Hall–Kier alpha value is -1.37. The van der Waals surface area contributed by atoms with Gasteiger partial charge >= 0.3 is 0 Å². The predicted molar refractivity (Wildman–Crippen MR) is 74.2 cm³/mol. The molecule has 8 heteroatoms. The zero-order chi connectivity index (χ0) is 14.1. The summed E-state index contributed by atoms with van der Waals surface area (Å²) in [4.78, 5) is 6.29. The van der Waals surface area contributed by atoms with Crippen LogP contribution in [0.3, 0.4) is 0 Å². The summed E-state index contributed by atoms with van der Waals surface area (Å²) in [6.45, 7) is 3.52. The number of halogens is 2. The van der Waals surface area contributed by atoms with Gasteiger partial charge in [-0.25, -0.2) is 4.98 Å². The van der Waals surface area contributed by atoms with Gasteiger partial charge in [-0.2, -0.15) is 0 Å². The molecule has 1 atom stereocenters. The molecule has 0 radical (unpaired) electrons. The third-order valence-electron chi connectivity index (χ3n) is 2.97. The molecule has 1 fully saturated rings.